The van der Waals surface area contributed by atoms with Crippen molar-refractivity contribution in [3.05, 3.63) is 53.5 Å². The van der Waals surface area contributed by atoms with Gasteiger partial charge in [-0.2, -0.15) is 0 Å². The molecular formula is C13H17N5. The highest BCUT2D eigenvalue weighted by Crippen LogP contribution is 2.24. The smallest absolute Gasteiger partial charge is 0.128 e. The van der Waals surface area contributed by atoms with Crippen molar-refractivity contribution in [2.45, 2.75) is 19.4 Å². The summed E-state index contributed by atoms with van der Waals surface area (Å²) in [4.78, 5) is 8.12. The van der Waals surface area contributed by atoms with E-state index in [4.69, 9.17) is 11.6 Å². The number of nitrogen functional groups attached to an aromatic ring is 1. The minimum atomic E-state index is -0.0545. The van der Waals surface area contributed by atoms with Gasteiger partial charge in [-0.1, -0.05) is 0 Å². The van der Waals surface area contributed by atoms with Gasteiger partial charge in [-0.3, -0.25) is 16.3 Å². The molecule has 0 saturated heterocycles. The van der Waals surface area contributed by atoms with Crippen molar-refractivity contribution in [1.82, 2.24) is 15.4 Å². The predicted molar refractivity (Wildman–Crippen MR) is 71.4 cm³/mol. The monoisotopic (exact) mass is 243 g/mol. The molecule has 18 heavy (non-hydrogen) atoms. The Kier molecular flexibility index (Phi) is 3.86. The molecule has 5 heteroatoms. The number of nitrogens with one attached hydrogen (secondary N) is 1. The zero-order valence-corrected chi connectivity index (χ0v) is 10.3. The van der Waals surface area contributed by atoms with Crippen molar-refractivity contribution in [1.29, 1.82) is 0 Å². The first-order chi connectivity index (χ1) is 8.72. The van der Waals surface area contributed by atoms with Gasteiger partial charge in [-0.05, 0) is 42.7 Å². The van der Waals surface area contributed by atoms with E-state index >= 15 is 0 Å². The number of hydrogen-bond donors (Lipinski definition) is 3. The van der Waals surface area contributed by atoms with E-state index in [1.165, 1.54) is 0 Å². The fourth-order valence-electron chi connectivity index (χ4n) is 2.04. The first kappa shape index (κ1) is 12.5. The van der Waals surface area contributed by atoms with Gasteiger partial charge in [0.05, 0.1) is 6.04 Å². The highest BCUT2D eigenvalue weighted by Gasteiger charge is 2.16. The van der Waals surface area contributed by atoms with E-state index in [2.05, 4.69) is 15.4 Å². The summed E-state index contributed by atoms with van der Waals surface area (Å²) in [5.74, 6) is 6.16. The summed E-state index contributed by atoms with van der Waals surface area (Å²) < 4.78 is 0. The van der Waals surface area contributed by atoms with Gasteiger partial charge in [0.2, 0.25) is 0 Å². The van der Waals surface area contributed by atoms with Gasteiger partial charge in [0, 0.05) is 24.2 Å². The van der Waals surface area contributed by atoms with Crippen molar-refractivity contribution in [2.75, 3.05) is 5.73 Å². The van der Waals surface area contributed by atoms with Crippen LogP contribution in [0.5, 0.6) is 0 Å². The molecule has 0 aliphatic carbocycles. The molecule has 2 aromatic rings. The summed E-state index contributed by atoms with van der Waals surface area (Å²) in [6.07, 6.45) is 5.98. The van der Waals surface area contributed by atoms with E-state index < -0.39 is 0 Å². The Balaban J connectivity index is 2.29. The van der Waals surface area contributed by atoms with Crippen LogP contribution in [0.3, 0.4) is 0 Å². The largest absolute Gasteiger partial charge is 0.383 e. The Morgan fingerprint density at radius 1 is 1.22 bits per heavy atom. The maximum atomic E-state index is 5.93. The average Bonchev–Trinajstić information content (AvgIpc) is 2.38. The number of hydrogen-bond acceptors (Lipinski definition) is 5. The van der Waals surface area contributed by atoms with E-state index in [9.17, 15) is 0 Å². The number of rotatable bonds is 4. The molecule has 94 valence electrons. The standard InChI is InChI=1S/C13H17N5/c1-9-2-7-17-13(14)12(9)11(18-15)8-10-3-5-16-6-4-10/h2-7,11,18H,8,15H2,1H3,(H2,14,17). The molecule has 1 atom stereocenters. The van der Waals surface area contributed by atoms with Gasteiger partial charge >= 0.3 is 0 Å². The van der Waals surface area contributed by atoms with Crippen molar-refractivity contribution in [2.24, 2.45) is 5.84 Å². The second-order valence-electron chi connectivity index (χ2n) is 4.21. The fraction of sp³-hybridized carbons (Fsp3) is 0.231. The highest BCUT2D eigenvalue weighted by atomic mass is 15.2. The van der Waals surface area contributed by atoms with Gasteiger partial charge in [0.15, 0.2) is 0 Å². The molecule has 0 amide bonds. The van der Waals surface area contributed by atoms with E-state index in [-0.39, 0.29) is 6.04 Å². The number of nitrogens with zero attached hydrogens (tertiary/aromatic N) is 2. The molecule has 2 aromatic heterocycles. The summed E-state index contributed by atoms with van der Waals surface area (Å²) >= 11 is 0. The number of pyridine rings is 2. The molecule has 2 rings (SSSR count). The molecule has 0 bridgehead atoms. The minimum absolute atomic E-state index is 0.0545. The van der Waals surface area contributed by atoms with Crippen LogP contribution in [0.25, 0.3) is 0 Å². The molecule has 5 N–H and O–H groups in total. The first-order valence-corrected chi connectivity index (χ1v) is 5.78. The maximum Gasteiger partial charge on any atom is 0.128 e. The summed E-state index contributed by atoms with van der Waals surface area (Å²) in [6, 6.07) is 5.81. The number of aryl methyl sites for hydroxylation is 1. The first-order valence-electron chi connectivity index (χ1n) is 5.78. The fourth-order valence-corrected chi connectivity index (χ4v) is 2.04. The minimum Gasteiger partial charge on any atom is -0.383 e. The van der Waals surface area contributed by atoms with Crippen molar-refractivity contribution in [3.8, 4) is 0 Å². The quantitative estimate of drug-likeness (QED) is 0.553. The Labute approximate surface area is 106 Å². The third-order valence-electron chi connectivity index (χ3n) is 2.98. The van der Waals surface area contributed by atoms with Crippen molar-refractivity contribution in [3.63, 3.8) is 0 Å². The van der Waals surface area contributed by atoms with Gasteiger partial charge < -0.3 is 5.73 Å². The van der Waals surface area contributed by atoms with E-state index in [0.29, 0.717) is 5.82 Å². The summed E-state index contributed by atoms with van der Waals surface area (Å²) in [5.41, 5.74) is 11.9. The third-order valence-corrected chi connectivity index (χ3v) is 2.98. The van der Waals surface area contributed by atoms with Gasteiger partial charge in [-0.15, -0.1) is 0 Å². The van der Waals surface area contributed by atoms with Gasteiger partial charge in [0.1, 0.15) is 5.82 Å². The summed E-state index contributed by atoms with van der Waals surface area (Å²) in [6.45, 7) is 2.00. The van der Waals surface area contributed by atoms with E-state index in [0.717, 1.165) is 23.1 Å². The maximum absolute atomic E-state index is 5.93. The molecule has 5 nitrogen and oxygen atoms in total. The lowest BCUT2D eigenvalue weighted by Gasteiger charge is -2.19. The zero-order chi connectivity index (χ0) is 13.0. The van der Waals surface area contributed by atoms with Crippen LogP contribution in [0.1, 0.15) is 22.7 Å². The summed E-state index contributed by atoms with van der Waals surface area (Å²) in [5, 5.41) is 0. The van der Waals surface area contributed by atoms with E-state index in [1.807, 2.05) is 25.1 Å². The molecule has 0 spiro atoms. The molecule has 0 aliphatic heterocycles. The van der Waals surface area contributed by atoms with Crippen LogP contribution in [-0.4, -0.2) is 9.97 Å². The molecule has 0 saturated carbocycles. The highest BCUT2D eigenvalue weighted by molar-refractivity contribution is 5.46. The van der Waals surface area contributed by atoms with Crippen molar-refractivity contribution < 1.29 is 0 Å². The SMILES string of the molecule is Cc1ccnc(N)c1C(Cc1ccncc1)NN. The second-order valence-corrected chi connectivity index (χ2v) is 4.21. The molecule has 2 heterocycles. The molecule has 0 aliphatic rings. The molecular weight excluding hydrogens is 226 g/mol. The van der Waals surface area contributed by atoms with E-state index in [1.54, 1.807) is 18.6 Å². The molecule has 1 unspecified atom stereocenters. The second kappa shape index (κ2) is 5.57. The number of aromatic nitrogens is 2. The van der Waals surface area contributed by atoms with Crippen molar-refractivity contribution >= 4 is 5.82 Å². The molecule has 0 radical (unpaired) electrons. The van der Waals surface area contributed by atoms with Crippen LogP contribution in [0.2, 0.25) is 0 Å². The average molecular weight is 243 g/mol. The normalized spacial score (nSPS) is 12.3. The zero-order valence-electron chi connectivity index (χ0n) is 10.3. The van der Waals surface area contributed by atoms with Gasteiger partial charge in [0.25, 0.3) is 0 Å². The van der Waals surface area contributed by atoms with Crippen LogP contribution in [0, 0.1) is 6.92 Å². The Morgan fingerprint density at radius 2 is 1.94 bits per heavy atom. The number of hydrazine groups is 1. The van der Waals surface area contributed by atoms with Crippen LogP contribution >= 0.6 is 0 Å². The Bertz CT molecular complexity index is 492. The van der Waals surface area contributed by atoms with Gasteiger partial charge in [-0.25, -0.2) is 4.98 Å². The number of anilines is 1. The van der Waals surface area contributed by atoms with Crippen LogP contribution in [0.4, 0.5) is 5.82 Å². The van der Waals surface area contributed by atoms with Crippen LogP contribution < -0.4 is 17.0 Å². The lowest BCUT2D eigenvalue weighted by atomic mass is 9.97. The molecule has 0 fully saturated rings. The predicted octanol–water partition coefficient (Wildman–Crippen LogP) is 1.11. The summed E-state index contributed by atoms with van der Waals surface area (Å²) in [7, 11) is 0. The van der Waals surface area contributed by atoms with Crippen LogP contribution in [-0.2, 0) is 6.42 Å². The topological polar surface area (TPSA) is 89.8 Å². The van der Waals surface area contributed by atoms with Crippen LogP contribution in [0.15, 0.2) is 36.8 Å². The molecule has 0 aromatic carbocycles. The Hall–Kier alpha value is -1.98. The lowest BCUT2D eigenvalue weighted by Crippen LogP contribution is -2.31. The lowest BCUT2D eigenvalue weighted by molar-refractivity contribution is 0.549. The number of nitrogens with two attached hydrogens (primary N) is 2. The third kappa shape index (κ3) is 2.64. The Morgan fingerprint density at radius 3 is 2.56 bits per heavy atom.